The van der Waals surface area contributed by atoms with Crippen molar-refractivity contribution in [2.75, 3.05) is 34.4 Å². The van der Waals surface area contributed by atoms with Gasteiger partial charge in [-0.1, -0.05) is 0 Å². The first-order valence-electron chi connectivity index (χ1n) is 7.93. The smallest absolute Gasteiger partial charge is 0.246 e. The summed E-state index contributed by atoms with van der Waals surface area (Å²) in [7, 11) is 4.61. The maximum atomic E-state index is 12.1. The number of methoxy groups -OCH3 is 3. The summed E-state index contributed by atoms with van der Waals surface area (Å²) >= 11 is 0. The second-order valence-electron chi connectivity index (χ2n) is 5.12. The monoisotopic (exact) mass is 349 g/mol. The Morgan fingerprint density at radius 2 is 1.68 bits per heavy atom. The standard InChI is InChI=1S/C16H23N5O4/c1-6-20(7-2)14(22)10-21-18-16(17-19-21)11-8-12(23-3)15(25-5)13(9-11)24-4/h8-9H,6-7,10H2,1-5H3. The molecule has 25 heavy (non-hydrogen) atoms. The maximum absolute atomic E-state index is 12.1. The molecule has 1 aromatic carbocycles. The molecule has 0 saturated heterocycles. The minimum absolute atomic E-state index is 0.0408. The van der Waals surface area contributed by atoms with Gasteiger partial charge in [-0.25, -0.2) is 0 Å². The lowest BCUT2D eigenvalue weighted by atomic mass is 10.1. The highest BCUT2D eigenvalue weighted by Gasteiger charge is 2.18. The summed E-state index contributed by atoms with van der Waals surface area (Å²) in [6.45, 7) is 5.18. The number of carbonyl (C=O) groups is 1. The molecule has 0 atom stereocenters. The van der Waals surface area contributed by atoms with Crippen LogP contribution in [0.2, 0.25) is 0 Å². The van der Waals surface area contributed by atoms with Crippen molar-refractivity contribution in [2.24, 2.45) is 0 Å². The van der Waals surface area contributed by atoms with Crippen molar-refractivity contribution in [1.29, 1.82) is 0 Å². The summed E-state index contributed by atoms with van der Waals surface area (Å²) in [5, 5.41) is 12.2. The molecular formula is C16H23N5O4. The Bertz CT molecular complexity index is 702. The lowest BCUT2D eigenvalue weighted by molar-refractivity contribution is -0.131. The van der Waals surface area contributed by atoms with Crippen molar-refractivity contribution < 1.29 is 19.0 Å². The first kappa shape index (κ1) is 18.5. The molecule has 0 fully saturated rings. The third-order valence-electron chi connectivity index (χ3n) is 3.77. The third kappa shape index (κ3) is 3.98. The van der Waals surface area contributed by atoms with Gasteiger partial charge in [0.05, 0.1) is 21.3 Å². The van der Waals surface area contributed by atoms with Crippen LogP contribution in [0.4, 0.5) is 0 Å². The quantitative estimate of drug-likeness (QED) is 0.708. The van der Waals surface area contributed by atoms with Crippen LogP contribution in [-0.4, -0.2) is 65.4 Å². The molecule has 136 valence electrons. The Morgan fingerprint density at radius 1 is 1.08 bits per heavy atom. The molecule has 0 aliphatic rings. The highest BCUT2D eigenvalue weighted by atomic mass is 16.5. The number of amides is 1. The van der Waals surface area contributed by atoms with Gasteiger partial charge in [0.2, 0.25) is 17.5 Å². The van der Waals surface area contributed by atoms with Crippen LogP contribution in [0.5, 0.6) is 17.2 Å². The van der Waals surface area contributed by atoms with E-state index in [4.69, 9.17) is 14.2 Å². The normalized spacial score (nSPS) is 10.4. The van der Waals surface area contributed by atoms with E-state index in [1.807, 2.05) is 13.8 Å². The number of hydrogen-bond donors (Lipinski definition) is 0. The number of hydrogen-bond acceptors (Lipinski definition) is 7. The maximum Gasteiger partial charge on any atom is 0.246 e. The van der Waals surface area contributed by atoms with Crippen molar-refractivity contribution in [2.45, 2.75) is 20.4 Å². The van der Waals surface area contributed by atoms with E-state index >= 15 is 0 Å². The van der Waals surface area contributed by atoms with Crippen LogP contribution in [0.15, 0.2) is 12.1 Å². The molecule has 9 nitrogen and oxygen atoms in total. The minimum atomic E-state index is -0.0566. The van der Waals surface area contributed by atoms with E-state index in [-0.39, 0.29) is 12.5 Å². The van der Waals surface area contributed by atoms with Gasteiger partial charge in [-0.15, -0.1) is 10.2 Å². The molecular weight excluding hydrogens is 326 g/mol. The summed E-state index contributed by atoms with van der Waals surface area (Å²) in [6, 6.07) is 3.46. The fourth-order valence-electron chi connectivity index (χ4n) is 2.43. The largest absolute Gasteiger partial charge is 0.493 e. The Hall–Kier alpha value is -2.84. The molecule has 2 aromatic rings. The molecule has 0 aliphatic heterocycles. The number of likely N-dealkylation sites (N-methyl/N-ethyl adjacent to an activating group) is 1. The summed E-state index contributed by atoms with van der Waals surface area (Å²) in [6.07, 6.45) is 0. The van der Waals surface area contributed by atoms with Crippen LogP contribution >= 0.6 is 0 Å². The predicted molar refractivity (Wildman–Crippen MR) is 90.8 cm³/mol. The van der Waals surface area contributed by atoms with E-state index in [9.17, 15) is 4.79 Å². The second-order valence-corrected chi connectivity index (χ2v) is 5.12. The SMILES string of the molecule is CCN(CC)C(=O)Cn1nnc(-c2cc(OC)c(OC)c(OC)c2)n1. The average molecular weight is 349 g/mol. The van der Waals surface area contributed by atoms with Crippen LogP contribution in [0.3, 0.4) is 0 Å². The van der Waals surface area contributed by atoms with Crippen LogP contribution in [0.1, 0.15) is 13.8 Å². The summed E-state index contributed by atoms with van der Waals surface area (Å²) in [4.78, 5) is 15.1. The predicted octanol–water partition coefficient (Wildman–Crippen LogP) is 1.23. The molecule has 0 spiro atoms. The molecule has 0 N–H and O–H groups in total. The Balaban J connectivity index is 2.29. The van der Waals surface area contributed by atoms with Gasteiger partial charge in [0.25, 0.3) is 0 Å². The fraction of sp³-hybridized carbons (Fsp3) is 0.500. The molecule has 1 aromatic heterocycles. The van der Waals surface area contributed by atoms with Crippen molar-refractivity contribution in [3.05, 3.63) is 12.1 Å². The van der Waals surface area contributed by atoms with Gasteiger partial charge >= 0.3 is 0 Å². The van der Waals surface area contributed by atoms with Gasteiger partial charge in [0.1, 0.15) is 6.54 Å². The summed E-state index contributed by atoms with van der Waals surface area (Å²) < 4.78 is 15.9. The first-order chi connectivity index (χ1) is 12.1. The number of nitrogens with zero attached hydrogens (tertiary/aromatic N) is 5. The van der Waals surface area contributed by atoms with Crippen LogP contribution in [0.25, 0.3) is 11.4 Å². The Kier molecular flexibility index (Phi) is 6.15. The fourth-order valence-corrected chi connectivity index (χ4v) is 2.43. The highest BCUT2D eigenvalue weighted by molar-refractivity contribution is 5.75. The zero-order valence-electron chi connectivity index (χ0n) is 15.1. The van der Waals surface area contributed by atoms with E-state index in [1.54, 1.807) is 17.0 Å². The van der Waals surface area contributed by atoms with Crippen molar-refractivity contribution in [1.82, 2.24) is 25.1 Å². The highest BCUT2D eigenvalue weighted by Crippen LogP contribution is 2.40. The number of aromatic nitrogens is 4. The molecule has 0 bridgehead atoms. The average Bonchev–Trinajstić information content (AvgIpc) is 3.09. The van der Waals surface area contributed by atoms with E-state index in [1.165, 1.54) is 26.1 Å². The van der Waals surface area contributed by atoms with Crippen molar-refractivity contribution >= 4 is 5.91 Å². The molecule has 1 heterocycles. The zero-order chi connectivity index (χ0) is 18.4. The summed E-state index contributed by atoms with van der Waals surface area (Å²) in [5.74, 6) is 1.78. The van der Waals surface area contributed by atoms with Gasteiger partial charge in [-0.2, -0.15) is 4.80 Å². The lowest BCUT2D eigenvalue weighted by Crippen LogP contribution is -2.34. The molecule has 9 heteroatoms. The van der Waals surface area contributed by atoms with Gasteiger partial charge in [0.15, 0.2) is 11.5 Å². The minimum Gasteiger partial charge on any atom is -0.493 e. The molecule has 2 rings (SSSR count). The first-order valence-corrected chi connectivity index (χ1v) is 7.93. The van der Waals surface area contributed by atoms with Gasteiger partial charge in [-0.05, 0) is 31.2 Å². The molecule has 0 unspecified atom stereocenters. The van der Waals surface area contributed by atoms with Crippen LogP contribution in [0, 0.1) is 0 Å². The van der Waals surface area contributed by atoms with Crippen molar-refractivity contribution in [3.63, 3.8) is 0 Å². The van der Waals surface area contributed by atoms with E-state index < -0.39 is 0 Å². The lowest BCUT2D eigenvalue weighted by Gasteiger charge is -2.17. The van der Waals surface area contributed by atoms with Crippen molar-refractivity contribution in [3.8, 4) is 28.6 Å². The van der Waals surface area contributed by atoms with Crippen LogP contribution < -0.4 is 14.2 Å². The Morgan fingerprint density at radius 3 is 2.16 bits per heavy atom. The number of carbonyl (C=O) groups excluding carboxylic acids is 1. The number of tetrazole rings is 1. The van der Waals surface area contributed by atoms with Crippen LogP contribution in [-0.2, 0) is 11.3 Å². The van der Waals surface area contributed by atoms with Gasteiger partial charge < -0.3 is 19.1 Å². The second kappa shape index (κ2) is 8.32. The molecule has 0 saturated carbocycles. The molecule has 0 radical (unpaired) electrons. The Labute approximate surface area is 146 Å². The number of rotatable bonds is 8. The third-order valence-corrected chi connectivity index (χ3v) is 3.77. The zero-order valence-corrected chi connectivity index (χ0v) is 15.1. The van der Waals surface area contributed by atoms with E-state index in [0.29, 0.717) is 41.7 Å². The summed E-state index contributed by atoms with van der Waals surface area (Å²) in [5.41, 5.74) is 0.649. The van der Waals surface area contributed by atoms with Gasteiger partial charge in [0, 0.05) is 18.7 Å². The van der Waals surface area contributed by atoms with Gasteiger partial charge in [-0.3, -0.25) is 4.79 Å². The van der Waals surface area contributed by atoms with E-state index in [0.717, 1.165) is 0 Å². The number of benzene rings is 1. The van der Waals surface area contributed by atoms with E-state index in [2.05, 4.69) is 15.4 Å². The number of ether oxygens (including phenoxy) is 3. The molecule has 1 amide bonds. The molecule has 0 aliphatic carbocycles. The topological polar surface area (TPSA) is 91.6 Å².